The summed E-state index contributed by atoms with van der Waals surface area (Å²) in [5.74, 6) is -0.160. The lowest BCUT2D eigenvalue weighted by Gasteiger charge is -2.12. The molecule has 0 fully saturated rings. The van der Waals surface area contributed by atoms with Gasteiger partial charge in [-0.15, -0.1) is 0 Å². The van der Waals surface area contributed by atoms with Gasteiger partial charge in [0.25, 0.3) is 0 Å². The second-order valence-corrected chi connectivity index (χ2v) is 5.21. The van der Waals surface area contributed by atoms with Crippen molar-refractivity contribution in [1.82, 2.24) is 0 Å². The second kappa shape index (κ2) is 5.01. The summed E-state index contributed by atoms with van der Waals surface area (Å²) in [5.41, 5.74) is 3.89. The maximum Gasteiger partial charge on any atom is 0.128 e. The predicted octanol–water partition coefficient (Wildman–Crippen LogP) is 4.93. The zero-order valence-electron chi connectivity index (χ0n) is 9.87. The summed E-state index contributed by atoms with van der Waals surface area (Å²) >= 11 is 3.55. The highest BCUT2D eigenvalue weighted by atomic mass is 79.9. The molecule has 17 heavy (non-hydrogen) atoms. The molecule has 0 amide bonds. The fourth-order valence-corrected chi connectivity index (χ4v) is 2.43. The molecule has 2 aromatic carbocycles. The Balaban J connectivity index is 2.36. The molecule has 2 heteroatoms. The van der Waals surface area contributed by atoms with Gasteiger partial charge in [0.15, 0.2) is 0 Å². The van der Waals surface area contributed by atoms with Crippen molar-refractivity contribution in [3.63, 3.8) is 0 Å². The lowest BCUT2D eigenvalue weighted by molar-refractivity contribution is 0.612. The Labute approximate surface area is 110 Å². The molecule has 0 aliphatic heterocycles. The normalized spacial score (nSPS) is 12.5. The first-order valence-corrected chi connectivity index (χ1v) is 6.46. The molecule has 0 radical (unpaired) electrons. The van der Waals surface area contributed by atoms with Gasteiger partial charge in [-0.1, -0.05) is 57.9 Å². The average molecular weight is 293 g/mol. The zero-order valence-corrected chi connectivity index (χ0v) is 11.5. The van der Waals surface area contributed by atoms with Crippen LogP contribution in [-0.4, -0.2) is 0 Å². The van der Waals surface area contributed by atoms with Gasteiger partial charge in [-0.3, -0.25) is 0 Å². The van der Waals surface area contributed by atoms with Crippen LogP contribution in [0, 0.1) is 19.7 Å². The lowest BCUT2D eigenvalue weighted by atomic mass is 10.0. The summed E-state index contributed by atoms with van der Waals surface area (Å²) in [6, 6.07) is 13.5. The molecule has 0 N–H and O–H groups in total. The van der Waals surface area contributed by atoms with Crippen LogP contribution >= 0.6 is 15.9 Å². The third kappa shape index (κ3) is 2.75. The van der Waals surface area contributed by atoms with E-state index in [1.54, 1.807) is 6.07 Å². The molecule has 0 nitrogen and oxygen atoms in total. The van der Waals surface area contributed by atoms with Crippen LogP contribution < -0.4 is 0 Å². The van der Waals surface area contributed by atoms with Crippen molar-refractivity contribution in [2.75, 3.05) is 0 Å². The first kappa shape index (κ1) is 12.3. The molecule has 0 bridgehead atoms. The van der Waals surface area contributed by atoms with Crippen LogP contribution in [-0.2, 0) is 0 Å². The minimum absolute atomic E-state index is 0.0938. The van der Waals surface area contributed by atoms with Crippen molar-refractivity contribution < 1.29 is 4.39 Å². The summed E-state index contributed by atoms with van der Waals surface area (Å²) in [6.07, 6.45) is 0. The molecule has 1 unspecified atom stereocenters. The summed E-state index contributed by atoms with van der Waals surface area (Å²) < 4.78 is 13.8. The van der Waals surface area contributed by atoms with Crippen LogP contribution in [0.25, 0.3) is 0 Å². The van der Waals surface area contributed by atoms with Crippen molar-refractivity contribution in [2.45, 2.75) is 18.7 Å². The van der Waals surface area contributed by atoms with Crippen molar-refractivity contribution in [1.29, 1.82) is 0 Å². The fourth-order valence-electron chi connectivity index (χ4n) is 1.75. The number of rotatable bonds is 2. The maximum atomic E-state index is 13.8. The minimum atomic E-state index is -0.160. The molecule has 0 saturated heterocycles. The van der Waals surface area contributed by atoms with Crippen LogP contribution in [0.2, 0.25) is 0 Å². The monoisotopic (exact) mass is 292 g/mol. The zero-order chi connectivity index (χ0) is 12.4. The second-order valence-electron chi connectivity index (χ2n) is 4.30. The largest absolute Gasteiger partial charge is 0.207 e. The predicted molar refractivity (Wildman–Crippen MR) is 73.1 cm³/mol. The van der Waals surface area contributed by atoms with E-state index in [0.717, 1.165) is 11.1 Å². The van der Waals surface area contributed by atoms with Gasteiger partial charge < -0.3 is 0 Å². The van der Waals surface area contributed by atoms with Gasteiger partial charge in [0.2, 0.25) is 0 Å². The molecular formula is C15H14BrF. The number of aryl methyl sites for hydroxylation is 2. The van der Waals surface area contributed by atoms with Gasteiger partial charge in [0.1, 0.15) is 5.82 Å². The summed E-state index contributed by atoms with van der Waals surface area (Å²) in [6.45, 7) is 3.93. The Morgan fingerprint density at radius 1 is 0.941 bits per heavy atom. The number of halogens is 2. The van der Waals surface area contributed by atoms with E-state index in [1.807, 2.05) is 50.2 Å². The van der Waals surface area contributed by atoms with Crippen LogP contribution in [0.15, 0.2) is 42.5 Å². The van der Waals surface area contributed by atoms with Crippen LogP contribution in [0.5, 0.6) is 0 Å². The van der Waals surface area contributed by atoms with E-state index in [0.29, 0.717) is 5.56 Å². The first-order chi connectivity index (χ1) is 8.08. The van der Waals surface area contributed by atoms with E-state index in [4.69, 9.17) is 0 Å². The summed E-state index contributed by atoms with van der Waals surface area (Å²) in [4.78, 5) is -0.0938. The molecule has 1 atom stereocenters. The quantitative estimate of drug-likeness (QED) is 0.689. The highest BCUT2D eigenvalue weighted by molar-refractivity contribution is 9.09. The Hall–Kier alpha value is -1.15. The van der Waals surface area contributed by atoms with Gasteiger partial charge in [-0.2, -0.15) is 0 Å². The molecule has 2 rings (SSSR count). The average Bonchev–Trinajstić information content (AvgIpc) is 2.29. The SMILES string of the molecule is Cc1ccc(C(Br)c2ccc(C)cc2F)cc1. The smallest absolute Gasteiger partial charge is 0.128 e. The van der Waals surface area contributed by atoms with Crippen LogP contribution in [0.3, 0.4) is 0 Å². The molecule has 0 aliphatic carbocycles. The van der Waals surface area contributed by atoms with E-state index < -0.39 is 0 Å². The third-order valence-corrected chi connectivity index (χ3v) is 3.82. The maximum absolute atomic E-state index is 13.8. The molecular weight excluding hydrogens is 279 g/mol. The van der Waals surface area contributed by atoms with Gasteiger partial charge in [-0.05, 0) is 31.0 Å². The number of alkyl halides is 1. The highest BCUT2D eigenvalue weighted by Gasteiger charge is 2.14. The summed E-state index contributed by atoms with van der Waals surface area (Å²) in [5, 5.41) is 0. The Morgan fingerprint density at radius 2 is 1.53 bits per heavy atom. The molecule has 0 aromatic heterocycles. The number of hydrogen-bond donors (Lipinski definition) is 0. The molecule has 0 spiro atoms. The standard InChI is InChI=1S/C15H14BrF/c1-10-3-6-12(7-4-10)15(16)13-8-5-11(2)9-14(13)17/h3-9,15H,1-2H3. The Kier molecular flexibility index (Phi) is 3.63. The lowest BCUT2D eigenvalue weighted by Crippen LogP contribution is -1.97. The van der Waals surface area contributed by atoms with Crippen molar-refractivity contribution in [3.05, 3.63) is 70.5 Å². The number of hydrogen-bond acceptors (Lipinski definition) is 0. The Bertz CT molecular complexity index is 517. The highest BCUT2D eigenvalue weighted by Crippen LogP contribution is 2.32. The topological polar surface area (TPSA) is 0 Å². The van der Waals surface area contributed by atoms with E-state index in [2.05, 4.69) is 15.9 Å². The van der Waals surface area contributed by atoms with Crippen molar-refractivity contribution in [2.24, 2.45) is 0 Å². The van der Waals surface area contributed by atoms with Gasteiger partial charge in [-0.25, -0.2) is 4.39 Å². The van der Waals surface area contributed by atoms with Crippen molar-refractivity contribution in [3.8, 4) is 0 Å². The Morgan fingerprint density at radius 3 is 2.12 bits per heavy atom. The minimum Gasteiger partial charge on any atom is -0.207 e. The van der Waals surface area contributed by atoms with Crippen LogP contribution in [0.1, 0.15) is 27.1 Å². The van der Waals surface area contributed by atoms with E-state index in [9.17, 15) is 4.39 Å². The first-order valence-electron chi connectivity index (χ1n) is 5.54. The van der Waals surface area contributed by atoms with E-state index >= 15 is 0 Å². The summed E-state index contributed by atoms with van der Waals surface area (Å²) in [7, 11) is 0. The third-order valence-electron chi connectivity index (χ3n) is 2.80. The van der Waals surface area contributed by atoms with E-state index in [-0.39, 0.29) is 10.6 Å². The molecule has 0 saturated carbocycles. The molecule has 0 aliphatic rings. The van der Waals surface area contributed by atoms with Crippen LogP contribution in [0.4, 0.5) is 4.39 Å². The van der Waals surface area contributed by atoms with Gasteiger partial charge >= 0.3 is 0 Å². The van der Waals surface area contributed by atoms with E-state index in [1.165, 1.54) is 5.56 Å². The van der Waals surface area contributed by atoms with Gasteiger partial charge in [0.05, 0.1) is 4.83 Å². The fraction of sp³-hybridized carbons (Fsp3) is 0.200. The molecule has 88 valence electrons. The van der Waals surface area contributed by atoms with Gasteiger partial charge in [0, 0.05) is 5.56 Å². The number of benzene rings is 2. The molecule has 0 heterocycles. The van der Waals surface area contributed by atoms with Crippen molar-refractivity contribution >= 4 is 15.9 Å². The molecule has 2 aromatic rings.